The quantitative estimate of drug-likeness (QED) is 0.637. The number of carbonyl (C=O) groups is 3. The molecule has 2 atom stereocenters. The Kier molecular flexibility index (Phi) is 8.21. The van der Waals surface area contributed by atoms with E-state index in [4.69, 9.17) is 16.3 Å². The van der Waals surface area contributed by atoms with Gasteiger partial charge in [-0.05, 0) is 54.8 Å². The Morgan fingerprint density at radius 3 is 2.41 bits per heavy atom. The Labute approximate surface area is 175 Å². The second-order valence-electron chi connectivity index (χ2n) is 6.87. The largest absolute Gasteiger partial charge is 0.454 e. The van der Waals surface area contributed by atoms with Crippen LogP contribution in [0.3, 0.4) is 0 Å². The first-order valence-electron chi connectivity index (χ1n) is 9.39. The van der Waals surface area contributed by atoms with Gasteiger partial charge in [-0.25, -0.2) is 4.79 Å². The molecule has 0 aliphatic rings. The molecule has 2 N–H and O–H groups in total. The molecule has 6 nitrogen and oxygen atoms in total. The van der Waals surface area contributed by atoms with Gasteiger partial charge in [0.1, 0.15) is 6.04 Å². The first-order chi connectivity index (χ1) is 13.8. The van der Waals surface area contributed by atoms with E-state index in [-0.39, 0.29) is 5.92 Å². The van der Waals surface area contributed by atoms with E-state index < -0.39 is 30.4 Å². The molecule has 0 heterocycles. The van der Waals surface area contributed by atoms with E-state index >= 15 is 0 Å². The summed E-state index contributed by atoms with van der Waals surface area (Å²) in [4.78, 5) is 37.1. The minimum Gasteiger partial charge on any atom is -0.454 e. The molecule has 0 saturated carbocycles. The van der Waals surface area contributed by atoms with Gasteiger partial charge in [-0.2, -0.15) is 0 Å². The van der Waals surface area contributed by atoms with Crippen LogP contribution < -0.4 is 10.6 Å². The number of amides is 2. The van der Waals surface area contributed by atoms with Gasteiger partial charge >= 0.3 is 5.97 Å². The van der Waals surface area contributed by atoms with Crippen LogP contribution in [-0.4, -0.2) is 30.4 Å². The van der Waals surface area contributed by atoms with E-state index in [0.29, 0.717) is 22.7 Å². The van der Waals surface area contributed by atoms with Crippen LogP contribution in [0.15, 0.2) is 48.5 Å². The molecule has 0 aliphatic heterocycles. The Morgan fingerprint density at radius 1 is 1.10 bits per heavy atom. The van der Waals surface area contributed by atoms with Crippen LogP contribution in [0.25, 0.3) is 0 Å². The maximum atomic E-state index is 12.5. The maximum Gasteiger partial charge on any atom is 0.329 e. The first-order valence-corrected chi connectivity index (χ1v) is 9.77. The van der Waals surface area contributed by atoms with Crippen LogP contribution in [0.4, 0.5) is 5.69 Å². The number of esters is 1. The highest BCUT2D eigenvalue weighted by atomic mass is 35.5. The summed E-state index contributed by atoms with van der Waals surface area (Å²) < 4.78 is 5.16. The van der Waals surface area contributed by atoms with Crippen molar-refractivity contribution in [1.29, 1.82) is 0 Å². The summed E-state index contributed by atoms with van der Waals surface area (Å²) in [6, 6.07) is 12.8. The fraction of sp³-hybridized carbons (Fsp3) is 0.318. The number of hydrogen-bond acceptors (Lipinski definition) is 4. The molecule has 0 bridgehead atoms. The van der Waals surface area contributed by atoms with Gasteiger partial charge in [0.05, 0.1) is 0 Å². The average molecular weight is 417 g/mol. The predicted molar refractivity (Wildman–Crippen MR) is 113 cm³/mol. The Balaban J connectivity index is 1.96. The van der Waals surface area contributed by atoms with E-state index in [1.165, 1.54) is 0 Å². The van der Waals surface area contributed by atoms with Gasteiger partial charge < -0.3 is 15.4 Å². The highest BCUT2D eigenvalue weighted by Gasteiger charge is 2.28. The number of rotatable bonds is 8. The number of carbonyl (C=O) groups excluding carboxylic acids is 3. The molecule has 154 valence electrons. The van der Waals surface area contributed by atoms with Gasteiger partial charge in [-0.3, -0.25) is 9.59 Å². The zero-order valence-corrected chi connectivity index (χ0v) is 17.5. The number of benzene rings is 2. The minimum atomic E-state index is -0.866. The molecule has 0 fully saturated rings. The third-order valence-electron chi connectivity index (χ3n) is 4.51. The molecule has 7 heteroatoms. The fourth-order valence-corrected chi connectivity index (χ4v) is 2.77. The molecule has 2 amide bonds. The highest BCUT2D eigenvalue weighted by Crippen LogP contribution is 2.14. The van der Waals surface area contributed by atoms with Crippen molar-refractivity contribution in [2.75, 3.05) is 11.9 Å². The van der Waals surface area contributed by atoms with Crippen molar-refractivity contribution in [1.82, 2.24) is 5.32 Å². The molecule has 0 saturated heterocycles. The molecule has 0 spiro atoms. The van der Waals surface area contributed by atoms with Gasteiger partial charge in [-0.1, -0.05) is 44.0 Å². The number of anilines is 1. The van der Waals surface area contributed by atoms with E-state index in [2.05, 4.69) is 10.6 Å². The van der Waals surface area contributed by atoms with Gasteiger partial charge in [-0.15, -0.1) is 0 Å². The highest BCUT2D eigenvalue weighted by molar-refractivity contribution is 6.30. The number of nitrogens with one attached hydrogen (secondary N) is 2. The zero-order chi connectivity index (χ0) is 21.4. The summed E-state index contributed by atoms with van der Waals surface area (Å²) >= 11 is 5.84. The molecule has 2 rings (SSSR count). The van der Waals surface area contributed by atoms with Crippen molar-refractivity contribution >= 4 is 35.1 Å². The fourth-order valence-electron chi connectivity index (χ4n) is 2.64. The van der Waals surface area contributed by atoms with Crippen LogP contribution in [-0.2, 0) is 14.3 Å². The average Bonchev–Trinajstić information content (AvgIpc) is 2.70. The molecule has 2 aromatic rings. The second-order valence-corrected chi connectivity index (χ2v) is 7.31. The molecule has 2 aromatic carbocycles. The lowest BCUT2D eigenvalue weighted by molar-refractivity contribution is -0.150. The summed E-state index contributed by atoms with van der Waals surface area (Å²) in [6.45, 7) is 5.22. The van der Waals surface area contributed by atoms with Crippen LogP contribution in [0, 0.1) is 12.8 Å². The summed E-state index contributed by atoms with van der Waals surface area (Å²) in [5, 5.41) is 5.89. The smallest absolute Gasteiger partial charge is 0.329 e. The van der Waals surface area contributed by atoms with Crippen molar-refractivity contribution in [2.45, 2.75) is 33.2 Å². The lowest BCUT2D eigenvalue weighted by Crippen LogP contribution is -2.46. The maximum absolute atomic E-state index is 12.5. The second kappa shape index (κ2) is 10.6. The Bertz CT molecular complexity index is 867. The summed E-state index contributed by atoms with van der Waals surface area (Å²) in [5.74, 6) is -1.68. The van der Waals surface area contributed by atoms with Crippen molar-refractivity contribution in [3.05, 3.63) is 64.7 Å². The monoisotopic (exact) mass is 416 g/mol. The lowest BCUT2D eigenvalue weighted by Gasteiger charge is -2.22. The number of hydrogen-bond donors (Lipinski definition) is 2. The molecular weight excluding hydrogens is 392 g/mol. The van der Waals surface area contributed by atoms with Gasteiger partial charge in [0.15, 0.2) is 6.61 Å². The molecule has 0 unspecified atom stereocenters. The van der Waals surface area contributed by atoms with Gasteiger partial charge in [0.25, 0.3) is 11.8 Å². The third-order valence-corrected chi connectivity index (χ3v) is 4.76. The molecule has 0 radical (unpaired) electrons. The normalized spacial score (nSPS) is 12.6. The van der Waals surface area contributed by atoms with E-state index in [0.717, 1.165) is 5.56 Å². The first kappa shape index (κ1) is 22.4. The van der Waals surface area contributed by atoms with Crippen molar-refractivity contribution in [3.8, 4) is 0 Å². The van der Waals surface area contributed by atoms with Crippen molar-refractivity contribution in [2.24, 2.45) is 5.92 Å². The lowest BCUT2D eigenvalue weighted by atomic mass is 9.99. The van der Waals surface area contributed by atoms with E-state index in [1.54, 1.807) is 30.3 Å². The topological polar surface area (TPSA) is 84.5 Å². The van der Waals surface area contributed by atoms with E-state index in [9.17, 15) is 14.4 Å². The molecular formula is C22H25ClN2O4. The summed E-state index contributed by atoms with van der Waals surface area (Å²) in [5.41, 5.74) is 2.01. The van der Waals surface area contributed by atoms with E-state index in [1.807, 2.05) is 39.0 Å². The van der Waals surface area contributed by atoms with Crippen molar-refractivity contribution in [3.63, 3.8) is 0 Å². The van der Waals surface area contributed by atoms with Crippen molar-refractivity contribution < 1.29 is 19.1 Å². The van der Waals surface area contributed by atoms with Crippen LogP contribution in [0.5, 0.6) is 0 Å². The zero-order valence-electron chi connectivity index (χ0n) is 16.7. The van der Waals surface area contributed by atoms with Gasteiger partial charge in [0, 0.05) is 16.3 Å². The van der Waals surface area contributed by atoms with Crippen LogP contribution in [0.1, 0.15) is 36.2 Å². The predicted octanol–water partition coefficient (Wildman–Crippen LogP) is 3.97. The van der Waals surface area contributed by atoms with Crippen LogP contribution >= 0.6 is 11.6 Å². The molecule has 29 heavy (non-hydrogen) atoms. The molecule has 0 aromatic heterocycles. The SMILES string of the molecule is CC[C@@H](C)[C@@H](NC(=O)c1ccc(Cl)cc1)C(=O)OCC(=O)Nc1cccc(C)c1. The third kappa shape index (κ3) is 6.91. The van der Waals surface area contributed by atoms with Gasteiger partial charge in [0.2, 0.25) is 0 Å². The summed E-state index contributed by atoms with van der Waals surface area (Å²) in [7, 11) is 0. The Morgan fingerprint density at radius 2 is 1.79 bits per heavy atom. The standard InChI is InChI=1S/C22H25ClN2O4/c1-4-15(3)20(25-21(27)16-8-10-17(23)11-9-16)22(28)29-13-19(26)24-18-7-5-6-14(2)12-18/h5-12,15,20H,4,13H2,1-3H3,(H,24,26)(H,25,27)/t15-,20-/m1/s1. The minimum absolute atomic E-state index is 0.168. The number of halogens is 1. The summed E-state index contributed by atoms with van der Waals surface area (Å²) in [6.07, 6.45) is 0.649. The Hall–Kier alpha value is -2.86. The molecule has 0 aliphatic carbocycles. The van der Waals surface area contributed by atoms with Crippen LogP contribution in [0.2, 0.25) is 5.02 Å². The number of ether oxygens (including phenoxy) is 1. The number of aryl methyl sites for hydroxylation is 1.